The molecular formula is C12H14BrFO2. The molecule has 0 spiro atoms. The van der Waals surface area contributed by atoms with Crippen molar-refractivity contribution in [2.45, 2.75) is 37.9 Å². The Hall–Kier alpha value is -0.610. The van der Waals surface area contributed by atoms with Crippen LogP contribution in [0.1, 0.15) is 25.7 Å². The van der Waals surface area contributed by atoms with Crippen LogP contribution in [0.15, 0.2) is 22.7 Å². The van der Waals surface area contributed by atoms with E-state index < -0.39 is 6.10 Å². The lowest BCUT2D eigenvalue weighted by atomic mass is 9.95. The second-order valence-corrected chi connectivity index (χ2v) is 4.94. The zero-order valence-corrected chi connectivity index (χ0v) is 10.4. The van der Waals surface area contributed by atoms with Gasteiger partial charge in [-0.25, -0.2) is 4.39 Å². The van der Waals surface area contributed by atoms with E-state index in [1.54, 1.807) is 6.07 Å². The van der Waals surface area contributed by atoms with Crippen molar-refractivity contribution in [2.75, 3.05) is 0 Å². The van der Waals surface area contributed by atoms with Crippen molar-refractivity contribution >= 4 is 15.9 Å². The number of aliphatic hydroxyl groups excluding tert-OH is 1. The van der Waals surface area contributed by atoms with Gasteiger partial charge < -0.3 is 9.84 Å². The molecule has 1 aliphatic rings. The molecule has 0 bridgehead atoms. The Kier molecular flexibility index (Phi) is 3.82. The van der Waals surface area contributed by atoms with Crippen molar-refractivity contribution in [3.8, 4) is 5.75 Å². The van der Waals surface area contributed by atoms with Crippen LogP contribution in [-0.4, -0.2) is 17.3 Å². The zero-order chi connectivity index (χ0) is 11.5. The SMILES string of the molecule is O[C@@H]1CCCC[C@H]1Oc1ccc(F)cc1Br. The zero-order valence-electron chi connectivity index (χ0n) is 8.83. The molecule has 1 fully saturated rings. The van der Waals surface area contributed by atoms with E-state index in [9.17, 15) is 9.50 Å². The average molecular weight is 289 g/mol. The topological polar surface area (TPSA) is 29.5 Å². The molecule has 0 unspecified atom stereocenters. The molecule has 0 radical (unpaired) electrons. The van der Waals surface area contributed by atoms with Gasteiger partial charge in [0.2, 0.25) is 0 Å². The summed E-state index contributed by atoms with van der Waals surface area (Å²) in [7, 11) is 0. The van der Waals surface area contributed by atoms with Crippen molar-refractivity contribution in [1.82, 2.24) is 0 Å². The van der Waals surface area contributed by atoms with Crippen LogP contribution in [0.3, 0.4) is 0 Å². The summed E-state index contributed by atoms with van der Waals surface area (Å²) in [5.41, 5.74) is 0. The van der Waals surface area contributed by atoms with Gasteiger partial charge in [-0.3, -0.25) is 0 Å². The molecule has 1 aromatic rings. The van der Waals surface area contributed by atoms with Gasteiger partial charge in [0.15, 0.2) is 0 Å². The van der Waals surface area contributed by atoms with Gasteiger partial charge in [-0.1, -0.05) is 6.42 Å². The Balaban J connectivity index is 2.07. The fourth-order valence-electron chi connectivity index (χ4n) is 1.95. The lowest BCUT2D eigenvalue weighted by Crippen LogP contribution is -2.34. The Labute approximate surface area is 103 Å². The third kappa shape index (κ3) is 2.74. The summed E-state index contributed by atoms with van der Waals surface area (Å²) in [5.74, 6) is 0.288. The van der Waals surface area contributed by atoms with Crippen LogP contribution >= 0.6 is 15.9 Å². The quantitative estimate of drug-likeness (QED) is 0.905. The van der Waals surface area contributed by atoms with Gasteiger partial charge in [0.1, 0.15) is 17.7 Å². The van der Waals surface area contributed by atoms with E-state index in [-0.39, 0.29) is 11.9 Å². The summed E-state index contributed by atoms with van der Waals surface area (Å²) < 4.78 is 19.1. The van der Waals surface area contributed by atoms with E-state index in [0.29, 0.717) is 10.2 Å². The Morgan fingerprint density at radius 3 is 2.75 bits per heavy atom. The van der Waals surface area contributed by atoms with E-state index >= 15 is 0 Å². The van der Waals surface area contributed by atoms with E-state index in [1.807, 2.05) is 0 Å². The van der Waals surface area contributed by atoms with Crippen molar-refractivity contribution in [3.63, 3.8) is 0 Å². The standard InChI is InChI=1S/C12H14BrFO2/c13-9-7-8(14)5-6-11(9)16-12-4-2-1-3-10(12)15/h5-7,10,12,15H,1-4H2/t10-,12-/m1/s1. The van der Waals surface area contributed by atoms with E-state index in [4.69, 9.17) is 4.74 Å². The van der Waals surface area contributed by atoms with Crippen LogP contribution in [0.4, 0.5) is 4.39 Å². The van der Waals surface area contributed by atoms with Gasteiger partial charge in [-0.15, -0.1) is 0 Å². The van der Waals surface area contributed by atoms with Crippen LogP contribution in [0.5, 0.6) is 5.75 Å². The minimum Gasteiger partial charge on any atom is -0.487 e. The lowest BCUT2D eigenvalue weighted by Gasteiger charge is -2.28. The van der Waals surface area contributed by atoms with Gasteiger partial charge >= 0.3 is 0 Å². The first-order valence-electron chi connectivity index (χ1n) is 5.46. The molecule has 88 valence electrons. The number of benzene rings is 1. The minimum atomic E-state index is -0.411. The fourth-order valence-corrected chi connectivity index (χ4v) is 2.39. The van der Waals surface area contributed by atoms with Crippen molar-refractivity contribution in [1.29, 1.82) is 0 Å². The molecule has 1 aliphatic carbocycles. The van der Waals surface area contributed by atoms with Crippen LogP contribution in [0.2, 0.25) is 0 Å². The summed E-state index contributed by atoms with van der Waals surface area (Å²) in [6.07, 6.45) is 3.17. The molecule has 0 saturated heterocycles. The molecule has 1 aromatic carbocycles. The Morgan fingerprint density at radius 1 is 1.31 bits per heavy atom. The molecule has 2 rings (SSSR count). The second-order valence-electron chi connectivity index (χ2n) is 4.08. The van der Waals surface area contributed by atoms with Crippen LogP contribution < -0.4 is 4.74 Å². The first-order valence-corrected chi connectivity index (χ1v) is 6.26. The molecule has 1 saturated carbocycles. The first-order chi connectivity index (χ1) is 7.66. The van der Waals surface area contributed by atoms with Gasteiger partial charge in [-0.2, -0.15) is 0 Å². The maximum Gasteiger partial charge on any atom is 0.134 e. The number of rotatable bonds is 2. The van der Waals surface area contributed by atoms with Crippen molar-refractivity contribution in [2.24, 2.45) is 0 Å². The maximum atomic E-state index is 12.9. The number of aliphatic hydroxyl groups is 1. The molecule has 0 aliphatic heterocycles. The summed E-state index contributed by atoms with van der Waals surface area (Å²) in [4.78, 5) is 0. The summed E-state index contributed by atoms with van der Waals surface area (Å²) >= 11 is 3.25. The normalized spacial score (nSPS) is 25.4. The van der Waals surface area contributed by atoms with Gasteiger partial charge in [-0.05, 0) is 53.4 Å². The number of halogens is 2. The third-order valence-corrected chi connectivity index (χ3v) is 3.46. The van der Waals surface area contributed by atoms with Crippen molar-refractivity contribution in [3.05, 3.63) is 28.5 Å². The average Bonchev–Trinajstić information content (AvgIpc) is 2.25. The first kappa shape index (κ1) is 11.9. The molecule has 1 N–H and O–H groups in total. The van der Waals surface area contributed by atoms with Crippen LogP contribution in [-0.2, 0) is 0 Å². The van der Waals surface area contributed by atoms with E-state index in [0.717, 1.165) is 25.7 Å². The lowest BCUT2D eigenvalue weighted by molar-refractivity contribution is 0.00645. The van der Waals surface area contributed by atoms with Crippen molar-refractivity contribution < 1.29 is 14.2 Å². The van der Waals surface area contributed by atoms with Gasteiger partial charge in [0, 0.05) is 0 Å². The molecule has 4 heteroatoms. The predicted octanol–water partition coefficient (Wildman–Crippen LogP) is 3.27. The molecule has 0 heterocycles. The smallest absolute Gasteiger partial charge is 0.134 e. The van der Waals surface area contributed by atoms with E-state index in [2.05, 4.69) is 15.9 Å². The molecular weight excluding hydrogens is 275 g/mol. The monoisotopic (exact) mass is 288 g/mol. The molecule has 2 nitrogen and oxygen atoms in total. The maximum absolute atomic E-state index is 12.9. The second kappa shape index (κ2) is 5.15. The largest absolute Gasteiger partial charge is 0.487 e. The van der Waals surface area contributed by atoms with Crippen LogP contribution in [0, 0.1) is 5.82 Å². The highest BCUT2D eigenvalue weighted by molar-refractivity contribution is 9.10. The van der Waals surface area contributed by atoms with E-state index in [1.165, 1.54) is 12.1 Å². The fraction of sp³-hybridized carbons (Fsp3) is 0.500. The molecule has 2 atom stereocenters. The highest BCUT2D eigenvalue weighted by Crippen LogP contribution is 2.30. The Morgan fingerprint density at radius 2 is 2.06 bits per heavy atom. The number of hydrogen-bond acceptors (Lipinski definition) is 2. The highest BCUT2D eigenvalue weighted by atomic mass is 79.9. The molecule has 16 heavy (non-hydrogen) atoms. The Bertz CT molecular complexity index is 370. The summed E-state index contributed by atoms with van der Waals surface area (Å²) in [6, 6.07) is 4.31. The number of ether oxygens (including phenoxy) is 1. The van der Waals surface area contributed by atoms with Gasteiger partial charge in [0.05, 0.1) is 10.6 Å². The predicted molar refractivity (Wildman–Crippen MR) is 63.0 cm³/mol. The number of hydrogen-bond donors (Lipinski definition) is 1. The highest BCUT2D eigenvalue weighted by Gasteiger charge is 2.25. The summed E-state index contributed by atoms with van der Waals surface area (Å²) in [5, 5.41) is 9.76. The summed E-state index contributed by atoms with van der Waals surface area (Å²) in [6.45, 7) is 0. The molecule has 0 amide bonds. The van der Waals surface area contributed by atoms with Gasteiger partial charge in [0.25, 0.3) is 0 Å². The third-order valence-electron chi connectivity index (χ3n) is 2.84. The van der Waals surface area contributed by atoms with Crippen LogP contribution in [0.25, 0.3) is 0 Å². The molecule has 0 aromatic heterocycles. The minimum absolute atomic E-state index is 0.171.